The van der Waals surface area contributed by atoms with Crippen molar-refractivity contribution in [1.29, 1.82) is 0 Å². The van der Waals surface area contributed by atoms with E-state index in [0.717, 1.165) is 0 Å². The maximum Gasteiger partial charge on any atom is 0.326 e. The highest BCUT2D eigenvalue weighted by Crippen LogP contribution is 2.29. The molecule has 8 nitrogen and oxygen atoms in total. The molecule has 1 aromatic carbocycles. The smallest absolute Gasteiger partial charge is 0.326 e. The van der Waals surface area contributed by atoms with E-state index < -0.39 is 17.9 Å². The van der Waals surface area contributed by atoms with Crippen LogP contribution in [0.4, 0.5) is 0 Å². The molecule has 0 saturated heterocycles. The van der Waals surface area contributed by atoms with Crippen LogP contribution in [-0.2, 0) is 9.59 Å². The van der Waals surface area contributed by atoms with Crippen molar-refractivity contribution in [3.05, 3.63) is 23.8 Å². The van der Waals surface area contributed by atoms with Crippen molar-refractivity contribution in [2.24, 2.45) is 0 Å². The Kier molecular flexibility index (Phi) is 7.89. The number of carboxylic acids is 1. The lowest BCUT2D eigenvalue weighted by Gasteiger charge is -2.27. The van der Waals surface area contributed by atoms with Gasteiger partial charge in [-0.2, -0.15) is 0 Å². The molecule has 0 aliphatic rings. The number of methoxy groups -OCH3 is 1. The fourth-order valence-corrected chi connectivity index (χ4v) is 2.27. The number of nitrogens with zero attached hydrogens (tertiary/aromatic N) is 1. The van der Waals surface area contributed by atoms with Crippen molar-refractivity contribution in [1.82, 2.24) is 10.2 Å². The summed E-state index contributed by atoms with van der Waals surface area (Å²) in [4.78, 5) is 36.4. The molecule has 8 heteroatoms. The number of amides is 2. The van der Waals surface area contributed by atoms with Crippen LogP contribution in [0.25, 0.3) is 0 Å². The van der Waals surface area contributed by atoms with Gasteiger partial charge in [0, 0.05) is 25.6 Å². The van der Waals surface area contributed by atoms with Gasteiger partial charge in [0.1, 0.15) is 6.04 Å². The number of rotatable bonds is 9. The number of nitrogens with one attached hydrogen (secondary N) is 1. The van der Waals surface area contributed by atoms with Crippen molar-refractivity contribution in [3.8, 4) is 11.5 Å². The molecule has 0 aromatic heterocycles. The molecule has 26 heavy (non-hydrogen) atoms. The molecule has 0 heterocycles. The Morgan fingerprint density at radius 1 is 1.19 bits per heavy atom. The van der Waals surface area contributed by atoms with Gasteiger partial charge in [0.2, 0.25) is 5.91 Å². The van der Waals surface area contributed by atoms with Gasteiger partial charge in [-0.15, -0.1) is 0 Å². The first-order chi connectivity index (χ1) is 12.2. The summed E-state index contributed by atoms with van der Waals surface area (Å²) in [5, 5.41) is 11.8. The maximum atomic E-state index is 12.8. The number of hydrogen-bond donors (Lipinski definition) is 2. The summed E-state index contributed by atoms with van der Waals surface area (Å²) < 4.78 is 10.9. The molecule has 1 rings (SSSR count). The SMILES string of the molecule is COc1cc(C(=O)N(CCNC(C)=O)C(C)C(=O)O)ccc1OC(C)C. The first-order valence-electron chi connectivity index (χ1n) is 8.30. The van der Waals surface area contributed by atoms with Crippen LogP contribution in [0, 0.1) is 0 Å². The maximum absolute atomic E-state index is 12.8. The van der Waals surface area contributed by atoms with Gasteiger partial charge in [0.05, 0.1) is 13.2 Å². The van der Waals surface area contributed by atoms with Gasteiger partial charge in [-0.1, -0.05) is 0 Å². The number of hydrogen-bond acceptors (Lipinski definition) is 5. The third kappa shape index (κ3) is 5.94. The zero-order chi connectivity index (χ0) is 19.9. The van der Waals surface area contributed by atoms with Crippen LogP contribution in [0.5, 0.6) is 11.5 Å². The van der Waals surface area contributed by atoms with Crippen molar-refractivity contribution < 1.29 is 29.0 Å². The van der Waals surface area contributed by atoms with E-state index in [1.54, 1.807) is 12.1 Å². The van der Waals surface area contributed by atoms with Gasteiger partial charge in [-0.05, 0) is 39.0 Å². The Labute approximate surface area is 153 Å². The number of carbonyl (C=O) groups excluding carboxylic acids is 2. The summed E-state index contributed by atoms with van der Waals surface area (Å²) in [6.07, 6.45) is -0.0633. The highest BCUT2D eigenvalue weighted by molar-refractivity contribution is 5.97. The predicted molar refractivity (Wildman–Crippen MR) is 95.6 cm³/mol. The molecule has 1 atom stereocenters. The molecular weight excluding hydrogens is 340 g/mol. The highest BCUT2D eigenvalue weighted by atomic mass is 16.5. The Morgan fingerprint density at radius 3 is 2.35 bits per heavy atom. The average molecular weight is 366 g/mol. The first-order valence-corrected chi connectivity index (χ1v) is 8.30. The summed E-state index contributed by atoms with van der Waals surface area (Å²) in [7, 11) is 1.46. The van der Waals surface area contributed by atoms with E-state index in [1.165, 1.54) is 31.9 Å². The van der Waals surface area contributed by atoms with Gasteiger partial charge in [-0.3, -0.25) is 9.59 Å². The second-order valence-electron chi connectivity index (χ2n) is 6.03. The van der Waals surface area contributed by atoms with Crippen molar-refractivity contribution >= 4 is 17.8 Å². The van der Waals surface area contributed by atoms with Crippen LogP contribution in [0.2, 0.25) is 0 Å². The van der Waals surface area contributed by atoms with Crippen molar-refractivity contribution in [2.75, 3.05) is 20.2 Å². The third-order valence-corrected chi connectivity index (χ3v) is 3.59. The van der Waals surface area contributed by atoms with E-state index in [2.05, 4.69) is 5.32 Å². The molecule has 0 radical (unpaired) electrons. The highest BCUT2D eigenvalue weighted by Gasteiger charge is 2.27. The summed E-state index contributed by atoms with van der Waals surface area (Å²) >= 11 is 0. The summed E-state index contributed by atoms with van der Waals surface area (Å²) in [5.41, 5.74) is 0.272. The minimum atomic E-state index is -1.13. The van der Waals surface area contributed by atoms with E-state index >= 15 is 0 Å². The molecule has 0 fully saturated rings. The zero-order valence-electron chi connectivity index (χ0n) is 15.7. The molecule has 144 valence electrons. The monoisotopic (exact) mass is 366 g/mol. The Bertz CT molecular complexity index is 659. The lowest BCUT2D eigenvalue weighted by Crippen LogP contribution is -2.46. The molecule has 1 unspecified atom stereocenters. The van der Waals surface area contributed by atoms with Gasteiger partial charge < -0.3 is 24.8 Å². The largest absolute Gasteiger partial charge is 0.493 e. The lowest BCUT2D eigenvalue weighted by molar-refractivity contribution is -0.141. The fraction of sp³-hybridized carbons (Fsp3) is 0.500. The summed E-state index contributed by atoms with van der Waals surface area (Å²) in [6, 6.07) is 3.64. The van der Waals surface area contributed by atoms with Crippen LogP contribution >= 0.6 is 0 Å². The van der Waals surface area contributed by atoms with E-state index in [1.807, 2.05) is 13.8 Å². The topological polar surface area (TPSA) is 105 Å². The fourth-order valence-electron chi connectivity index (χ4n) is 2.27. The Morgan fingerprint density at radius 2 is 1.85 bits per heavy atom. The number of aliphatic carboxylic acids is 1. The van der Waals surface area contributed by atoms with Crippen molar-refractivity contribution in [2.45, 2.75) is 39.8 Å². The van der Waals surface area contributed by atoms with E-state index in [9.17, 15) is 19.5 Å². The molecule has 0 aliphatic carbocycles. The summed E-state index contributed by atoms with van der Waals surface area (Å²) in [6.45, 7) is 6.74. The van der Waals surface area contributed by atoms with Gasteiger partial charge in [0.15, 0.2) is 11.5 Å². The number of carboxylic acid groups (broad SMARTS) is 1. The van der Waals surface area contributed by atoms with E-state index in [4.69, 9.17) is 9.47 Å². The number of benzene rings is 1. The molecule has 0 saturated carbocycles. The third-order valence-electron chi connectivity index (χ3n) is 3.59. The molecular formula is C18H26N2O6. The van der Waals surface area contributed by atoms with Crippen LogP contribution in [0.1, 0.15) is 38.1 Å². The van der Waals surface area contributed by atoms with Gasteiger partial charge in [-0.25, -0.2) is 4.79 Å². The summed E-state index contributed by atoms with van der Waals surface area (Å²) in [5.74, 6) is -0.978. The molecule has 0 aliphatic heterocycles. The molecule has 1 aromatic rings. The molecule has 2 amide bonds. The van der Waals surface area contributed by atoms with Crippen LogP contribution < -0.4 is 14.8 Å². The second-order valence-corrected chi connectivity index (χ2v) is 6.03. The van der Waals surface area contributed by atoms with E-state index in [0.29, 0.717) is 11.5 Å². The minimum absolute atomic E-state index is 0.0633. The van der Waals surface area contributed by atoms with Crippen LogP contribution in [0.15, 0.2) is 18.2 Å². The lowest BCUT2D eigenvalue weighted by atomic mass is 10.1. The first kappa shape index (κ1) is 21.3. The van der Waals surface area contributed by atoms with Gasteiger partial charge in [0.25, 0.3) is 5.91 Å². The molecule has 0 spiro atoms. The predicted octanol–water partition coefficient (Wildman–Crippen LogP) is 1.53. The van der Waals surface area contributed by atoms with Gasteiger partial charge >= 0.3 is 5.97 Å². The molecule has 0 bridgehead atoms. The van der Waals surface area contributed by atoms with E-state index in [-0.39, 0.29) is 30.7 Å². The normalized spacial score (nSPS) is 11.6. The standard InChI is InChI=1S/C18H26N2O6/c1-11(2)26-15-7-6-14(10-16(15)25-5)17(22)20(12(3)18(23)24)9-8-19-13(4)21/h6-7,10-12H,8-9H2,1-5H3,(H,19,21)(H,23,24). The van der Waals surface area contributed by atoms with Crippen LogP contribution in [-0.4, -0.2) is 60.1 Å². The number of carbonyl (C=O) groups is 3. The van der Waals surface area contributed by atoms with Crippen LogP contribution in [0.3, 0.4) is 0 Å². The Hall–Kier alpha value is -2.77. The zero-order valence-corrected chi connectivity index (χ0v) is 15.7. The average Bonchev–Trinajstić information content (AvgIpc) is 2.57. The minimum Gasteiger partial charge on any atom is -0.493 e. The Balaban J connectivity index is 3.08. The quantitative estimate of drug-likeness (QED) is 0.687. The number of ether oxygens (including phenoxy) is 2. The second kappa shape index (κ2) is 9.65. The molecule has 2 N–H and O–H groups in total. The van der Waals surface area contributed by atoms with Crippen molar-refractivity contribution in [3.63, 3.8) is 0 Å².